The predicted molar refractivity (Wildman–Crippen MR) is 157 cm³/mol. The lowest BCUT2D eigenvalue weighted by Crippen LogP contribution is -2.32. The normalized spacial score (nSPS) is 16.4. The van der Waals surface area contributed by atoms with Crippen molar-refractivity contribution >= 4 is 22.6 Å². The first kappa shape index (κ1) is 26.8. The van der Waals surface area contributed by atoms with E-state index >= 15 is 0 Å². The Morgan fingerprint density at radius 2 is 1.82 bits per heavy atom. The number of para-hydroxylation sites is 1. The van der Waals surface area contributed by atoms with Crippen molar-refractivity contribution < 1.29 is 14.3 Å². The van der Waals surface area contributed by atoms with Crippen LogP contribution in [0.1, 0.15) is 85.7 Å². The van der Waals surface area contributed by atoms with Crippen LogP contribution in [0.2, 0.25) is 0 Å². The van der Waals surface area contributed by atoms with E-state index in [-0.39, 0.29) is 5.97 Å². The van der Waals surface area contributed by atoms with Gasteiger partial charge in [0.1, 0.15) is 11.4 Å². The number of pyridine rings is 1. The van der Waals surface area contributed by atoms with Gasteiger partial charge in [0.15, 0.2) is 0 Å². The van der Waals surface area contributed by atoms with Gasteiger partial charge in [-0.1, -0.05) is 51.3 Å². The third kappa shape index (κ3) is 4.66. The first-order chi connectivity index (χ1) is 19.1. The van der Waals surface area contributed by atoms with E-state index in [2.05, 4.69) is 61.8 Å². The molecule has 1 aliphatic heterocycles. The lowest BCUT2D eigenvalue weighted by Gasteiger charge is -2.31. The summed E-state index contributed by atoms with van der Waals surface area (Å²) in [7, 11) is 0. The molecule has 1 N–H and O–H groups in total. The topological polar surface area (TPSA) is 65.4 Å². The lowest BCUT2D eigenvalue weighted by molar-refractivity contribution is 0.0237. The van der Waals surface area contributed by atoms with E-state index in [0.717, 1.165) is 78.6 Å². The third-order valence-corrected chi connectivity index (χ3v) is 7.67. The molecule has 0 saturated heterocycles. The molecule has 0 amide bonds. The maximum atomic E-state index is 13.5. The molecule has 2 aromatic heterocycles. The molecule has 0 spiro atoms. The Morgan fingerprint density at radius 1 is 1.00 bits per heavy atom. The summed E-state index contributed by atoms with van der Waals surface area (Å²) >= 11 is 0. The van der Waals surface area contributed by atoms with E-state index in [0.29, 0.717) is 23.6 Å². The van der Waals surface area contributed by atoms with Gasteiger partial charge in [-0.25, -0.2) is 4.79 Å². The van der Waals surface area contributed by atoms with E-state index in [4.69, 9.17) is 14.5 Å². The van der Waals surface area contributed by atoms with Crippen LogP contribution in [0.5, 0.6) is 5.75 Å². The second-order valence-corrected chi connectivity index (χ2v) is 10.2. The second kappa shape index (κ2) is 11.5. The summed E-state index contributed by atoms with van der Waals surface area (Å²) in [5.41, 5.74) is 4.81. The van der Waals surface area contributed by atoms with Crippen LogP contribution >= 0.6 is 0 Å². The van der Waals surface area contributed by atoms with Crippen LogP contribution in [0.15, 0.2) is 60.8 Å². The highest BCUT2D eigenvalue weighted by molar-refractivity contribution is 5.98. The second-order valence-electron chi connectivity index (χ2n) is 10.2. The molecular formula is C33H39N3O3. The average Bonchev–Trinajstić information content (AvgIpc) is 3.40. The van der Waals surface area contributed by atoms with Crippen molar-refractivity contribution in [2.75, 3.05) is 18.5 Å². The van der Waals surface area contributed by atoms with Crippen LogP contribution in [0, 0.1) is 6.92 Å². The van der Waals surface area contributed by atoms with Gasteiger partial charge in [-0.3, -0.25) is 4.98 Å². The molecule has 204 valence electrons. The highest BCUT2D eigenvalue weighted by Crippen LogP contribution is 2.52. The molecule has 0 fully saturated rings. The predicted octanol–water partition coefficient (Wildman–Crippen LogP) is 7.61. The summed E-state index contributed by atoms with van der Waals surface area (Å²) in [4.78, 5) is 18.3. The van der Waals surface area contributed by atoms with E-state index in [1.54, 1.807) is 12.3 Å². The number of ether oxygens (including phenoxy) is 2. The number of unbranched alkanes of at least 4 members (excludes halogenated alkanes) is 3. The van der Waals surface area contributed by atoms with Crippen molar-refractivity contribution in [3.8, 4) is 5.75 Å². The number of nitrogens with zero attached hydrogens (tertiary/aromatic N) is 2. The van der Waals surface area contributed by atoms with Crippen molar-refractivity contribution in [2.24, 2.45) is 0 Å². The maximum absolute atomic E-state index is 13.5. The van der Waals surface area contributed by atoms with E-state index in [1.165, 1.54) is 0 Å². The van der Waals surface area contributed by atoms with E-state index < -0.39 is 5.60 Å². The van der Waals surface area contributed by atoms with Gasteiger partial charge in [-0.05, 0) is 57.0 Å². The Balaban J connectivity index is 1.82. The fourth-order valence-corrected chi connectivity index (χ4v) is 5.84. The maximum Gasteiger partial charge on any atom is 0.341 e. The van der Waals surface area contributed by atoms with Crippen molar-refractivity contribution in [3.05, 3.63) is 88.9 Å². The highest BCUT2D eigenvalue weighted by Gasteiger charge is 2.54. The van der Waals surface area contributed by atoms with Crippen LogP contribution in [-0.2, 0) is 16.9 Å². The van der Waals surface area contributed by atoms with Gasteiger partial charge in [0.2, 0.25) is 5.60 Å². The molecule has 6 nitrogen and oxygen atoms in total. The number of benzene rings is 2. The monoisotopic (exact) mass is 525 g/mol. The van der Waals surface area contributed by atoms with Gasteiger partial charge in [-0.2, -0.15) is 0 Å². The molecule has 39 heavy (non-hydrogen) atoms. The van der Waals surface area contributed by atoms with E-state index in [1.807, 2.05) is 24.3 Å². The number of nitrogens with one attached hydrogen (secondary N) is 1. The molecule has 4 aromatic rings. The van der Waals surface area contributed by atoms with Crippen LogP contribution < -0.4 is 10.1 Å². The Labute approximate surface area is 231 Å². The zero-order valence-electron chi connectivity index (χ0n) is 23.5. The summed E-state index contributed by atoms with van der Waals surface area (Å²) in [6.07, 6.45) is 7.10. The zero-order valence-corrected chi connectivity index (χ0v) is 23.5. The SMILES string of the molecule is CCCCCn1c(C)c(C2(c3ccc(NCC)cc3OCCCC)OC(=O)c3cccnc32)c2ccccc21. The number of hydrogen-bond acceptors (Lipinski definition) is 5. The average molecular weight is 526 g/mol. The number of hydrogen-bond donors (Lipinski definition) is 1. The molecule has 2 aromatic carbocycles. The fourth-order valence-electron chi connectivity index (χ4n) is 5.84. The molecule has 0 radical (unpaired) electrons. The summed E-state index contributed by atoms with van der Waals surface area (Å²) < 4.78 is 15.4. The number of esters is 1. The van der Waals surface area contributed by atoms with Gasteiger partial charge in [-0.15, -0.1) is 0 Å². The molecule has 3 heterocycles. The highest BCUT2D eigenvalue weighted by atomic mass is 16.6. The van der Waals surface area contributed by atoms with Crippen LogP contribution in [0.3, 0.4) is 0 Å². The molecule has 0 aliphatic carbocycles. The minimum Gasteiger partial charge on any atom is -0.493 e. The number of aryl methyl sites for hydroxylation is 1. The Bertz CT molecular complexity index is 1470. The minimum absolute atomic E-state index is 0.365. The Morgan fingerprint density at radius 3 is 2.62 bits per heavy atom. The molecule has 5 rings (SSSR count). The van der Waals surface area contributed by atoms with Crippen LogP contribution in [-0.4, -0.2) is 28.7 Å². The van der Waals surface area contributed by atoms with Gasteiger partial charge >= 0.3 is 5.97 Å². The molecule has 1 aliphatic rings. The first-order valence-corrected chi connectivity index (χ1v) is 14.3. The Kier molecular flexibility index (Phi) is 7.92. The third-order valence-electron chi connectivity index (χ3n) is 7.67. The van der Waals surface area contributed by atoms with E-state index in [9.17, 15) is 4.79 Å². The molecule has 0 saturated carbocycles. The number of carbonyl (C=O) groups excluding carboxylic acids is 1. The molecule has 1 atom stereocenters. The summed E-state index contributed by atoms with van der Waals surface area (Å²) in [5, 5.41) is 4.47. The Hall–Kier alpha value is -3.80. The summed E-state index contributed by atoms with van der Waals surface area (Å²) in [6, 6.07) is 18.1. The van der Waals surface area contributed by atoms with Crippen LogP contribution in [0.4, 0.5) is 5.69 Å². The molecule has 6 heteroatoms. The van der Waals surface area contributed by atoms with Gasteiger partial charge < -0.3 is 19.4 Å². The number of fused-ring (bicyclic) bond motifs is 2. The number of aromatic nitrogens is 2. The van der Waals surface area contributed by atoms with Gasteiger partial charge in [0.05, 0.1) is 12.2 Å². The van der Waals surface area contributed by atoms with Crippen molar-refractivity contribution in [2.45, 2.75) is 71.9 Å². The largest absolute Gasteiger partial charge is 0.493 e. The number of cyclic esters (lactones) is 1. The molecule has 1 unspecified atom stereocenters. The lowest BCUT2D eigenvalue weighted by atomic mass is 9.80. The number of anilines is 1. The van der Waals surface area contributed by atoms with Crippen molar-refractivity contribution in [1.29, 1.82) is 0 Å². The van der Waals surface area contributed by atoms with Crippen molar-refractivity contribution in [1.82, 2.24) is 9.55 Å². The van der Waals surface area contributed by atoms with Gasteiger partial charge in [0, 0.05) is 58.8 Å². The summed E-state index contributed by atoms with van der Waals surface area (Å²) in [5.74, 6) is 0.339. The minimum atomic E-state index is -1.24. The quantitative estimate of drug-likeness (QED) is 0.152. The smallest absolute Gasteiger partial charge is 0.341 e. The zero-order chi connectivity index (χ0) is 27.4. The number of carbonyl (C=O) groups is 1. The standard InChI is InChI=1S/C33H39N3O3/c1-5-8-12-20-36-23(4)30(25-14-10-11-16-28(25)36)33(31-26(32(37)39-33)15-13-19-35-31)27-18-17-24(34-7-3)22-29(27)38-21-9-6-2/h10-11,13-19,22,34H,5-9,12,20-21H2,1-4H3. The fraction of sp³-hybridized carbons (Fsp3) is 0.394. The van der Waals surface area contributed by atoms with Gasteiger partial charge in [0.25, 0.3) is 0 Å². The summed E-state index contributed by atoms with van der Waals surface area (Å²) in [6.45, 7) is 10.9. The molecular weight excluding hydrogens is 486 g/mol. The molecule has 0 bridgehead atoms. The van der Waals surface area contributed by atoms with Crippen molar-refractivity contribution in [3.63, 3.8) is 0 Å². The van der Waals surface area contributed by atoms with Crippen LogP contribution in [0.25, 0.3) is 10.9 Å². The first-order valence-electron chi connectivity index (χ1n) is 14.3. The number of rotatable bonds is 12.